The zero-order valence-corrected chi connectivity index (χ0v) is 15.5. The molecule has 1 saturated heterocycles. The lowest BCUT2D eigenvalue weighted by atomic mass is 10.1. The van der Waals surface area contributed by atoms with E-state index in [1.807, 2.05) is 13.0 Å². The molecule has 0 aliphatic carbocycles. The topological polar surface area (TPSA) is 82.4 Å². The first-order chi connectivity index (χ1) is 12.6. The first-order valence-electron chi connectivity index (χ1n) is 8.23. The third-order valence-corrected chi connectivity index (χ3v) is 4.63. The summed E-state index contributed by atoms with van der Waals surface area (Å²) in [5.74, 6) is -0.120. The molecule has 1 fully saturated rings. The van der Waals surface area contributed by atoms with Crippen molar-refractivity contribution in [1.29, 1.82) is 0 Å². The molecule has 3 aromatic rings. The van der Waals surface area contributed by atoms with Gasteiger partial charge in [-0.15, -0.1) is 0 Å². The molecule has 0 radical (unpaired) electrons. The number of aromatic amines is 1. The fourth-order valence-corrected chi connectivity index (χ4v) is 3.55. The third-order valence-electron chi connectivity index (χ3n) is 4.13. The van der Waals surface area contributed by atoms with Gasteiger partial charge in [0, 0.05) is 17.0 Å². The molecule has 0 amide bonds. The molecule has 138 valence electrons. The van der Waals surface area contributed by atoms with Crippen molar-refractivity contribution in [3.63, 3.8) is 0 Å². The SMILES string of the molecule is CCOCC1COC(Cc2nc[nH]n2)(c2cc3cc(Cl)cc(Cl)c3o2)O1. The van der Waals surface area contributed by atoms with E-state index < -0.39 is 5.79 Å². The minimum absolute atomic E-state index is 0.221. The van der Waals surface area contributed by atoms with E-state index in [2.05, 4.69) is 15.2 Å². The van der Waals surface area contributed by atoms with Crippen molar-refractivity contribution in [2.24, 2.45) is 0 Å². The van der Waals surface area contributed by atoms with Crippen molar-refractivity contribution in [1.82, 2.24) is 15.2 Å². The van der Waals surface area contributed by atoms with Crippen LogP contribution in [0.4, 0.5) is 0 Å². The van der Waals surface area contributed by atoms with Crippen LogP contribution in [-0.2, 0) is 26.4 Å². The maximum Gasteiger partial charge on any atom is 0.236 e. The minimum Gasteiger partial charge on any atom is -0.454 e. The fraction of sp³-hybridized carbons (Fsp3) is 0.412. The van der Waals surface area contributed by atoms with Crippen LogP contribution in [0, 0.1) is 0 Å². The van der Waals surface area contributed by atoms with Crippen LogP contribution in [0.15, 0.2) is 28.9 Å². The quantitative estimate of drug-likeness (QED) is 0.682. The molecule has 26 heavy (non-hydrogen) atoms. The number of fused-ring (bicyclic) bond motifs is 1. The molecule has 4 rings (SSSR count). The Kier molecular flexibility index (Phi) is 4.90. The van der Waals surface area contributed by atoms with Gasteiger partial charge < -0.3 is 18.6 Å². The molecule has 0 saturated carbocycles. The highest BCUT2D eigenvalue weighted by atomic mass is 35.5. The monoisotopic (exact) mass is 397 g/mol. The molecule has 9 heteroatoms. The number of H-pyrrole nitrogens is 1. The van der Waals surface area contributed by atoms with E-state index in [0.717, 1.165) is 5.39 Å². The Morgan fingerprint density at radius 2 is 2.23 bits per heavy atom. The lowest BCUT2D eigenvalue weighted by Crippen LogP contribution is -2.32. The number of hydrogen-bond donors (Lipinski definition) is 1. The number of ether oxygens (including phenoxy) is 3. The minimum atomic E-state index is -1.15. The van der Waals surface area contributed by atoms with E-state index in [4.69, 9.17) is 41.8 Å². The zero-order valence-electron chi connectivity index (χ0n) is 14.0. The van der Waals surface area contributed by atoms with E-state index in [1.54, 1.807) is 12.1 Å². The van der Waals surface area contributed by atoms with E-state index in [9.17, 15) is 0 Å². The molecule has 2 unspecified atom stereocenters. The van der Waals surface area contributed by atoms with E-state index in [1.165, 1.54) is 6.33 Å². The molecule has 2 aromatic heterocycles. The molecule has 2 atom stereocenters. The Morgan fingerprint density at radius 1 is 1.35 bits per heavy atom. The summed E-state index contributed by atoms with van der Waals surface area (Å²) in [5.41, 5.74) is 0.529. The number of benzene rings is 1. The van der Waals surface area contributed by atoms with Gasteiger partial charge in [0.25, 0.3) is 0 Å². The van der Waals surface area contributed by atoms with Gasteiger partial charge in [0.15, 0.2) is 17.2 Å². The summed E-state index contributed by atoms with van der Waals surface area (Å²) in [6.07, 6.45) is 1.57. The van der Waals surface area contributed by atoms with Gasteiger partial charge in [0.05, 0.1) is 24.7 Å². The molecule has 3 heterocycles. The molecular weight excluding hydrogens is 381 g/mol. The van der Waals surface area contributed by atoms with Crippen LogP contribution in [0.3, 0.4) is 0 Å². The van der Waals surface area contributed by atoms with Crippen LogP contribution in [0.5, 0.6) is 0 Å². The third kappa shape index (κ3) is 3.33. The number of hydrogen-bond acceptors (Lipinski definition) is 6. The van der Waals surface area contributed by atoms with Crippen LogP contribution in [0.25, 0.3) is 11.0 Å². The number of aromatic nitrogens is 3. The lowest BCUT2D eigenvalue weighted by molar-refractivity contribution is -0.192. The molecular formula is C17H17Cl2N3O4. The van der Waals surface area contributed by atoms with Crippen molar-refractivity contribution in [3.05, 3.63) is 46.2 Å². The van der Waals surface area contributed by atoms with Crippen LogP contribution < -0.4 is 0 Å². The molecule has 7 nitrogen and oxygen atoms in total. The van der Waals surface area contributed by atoms with Gasteiger partial charge in [-0.3, -0.25) is 5.10 Å². The maximum atomic E-state index is 6.26. The molecule has 0 spiro atoms. The second kappa shape index (κ2) is 7.17. The van der Waals surface area contributed by atoms with Crippen molar-refractivity contribution >= 4 is 34.2 Å². The molecule has 0 bridgehead atoms. The van der Waals surface area contributed by atoms with Crippen molar-refractivity contribution in [2.45, 2.75) is 25.2 Å². The predicted molar refractivity (Wildman–Crippen MR) is 95.3 cm³/mol. The number of rotatable bonds is 6. The summed E-state index contributed by atoms with van der Waals surface area (Å²) < 4.78 is 23.7. The summed E-state index contributed by atoms with van der Waals surface area (Å²) in [7, 11) is 0. The molecule has 1 aromatic carbocycles. The average Bonchev–Trinajstić information content (AvgIpc) is 3.33. The summed E-state index contributed by atoms with van der Waals surface area (Å²) >= 11 is 12.4. The maximum absolute atomic E-state index is 6.26. The van der Waals surface area contributed by atoms with Gasteiger partial charge in [-0.2, -0.15) is 5.10 Å². The predicted octanol–water partition coefficient (Wildman–Crippen LogP) is 3.71. The van der Waals surface area contributed by atoms with Crippen LogP contribution in [0.2, 0.25) is 10.0 Å². The summed E-state index contributed by atoms with van der Waals surface area (Å²) in [5, 5.41) is 8.53. The number of nitrogens with one attached hydrogen (secondary N) is 1. The zero-order chi connectivity index (χ0) is 18.1. The van der Waals surface area contributed by atoms with E-state index in [0.29, 0.717) is 47.0 Å². The van der Waals surface area contributed by atoms with Gasteiger partial charge in [0.2, 0.25) is 5.79 Å². The van der Waals surface area contributed by atoms with Gasteiger partial charge in [-0.25, -0.2) is 4.98 Å². The van der Waals surface area contributed by atoms with Gasteiger partial charge >= 0.3 is 0 Å². The second-order valence-corrected chi connectivity index (χ2v) is 6.82. The summed E-state index contributed by atoms with van der Waals surface area (Å²) in [6, 6.07) is 5.24. The first-order valence-corrected chi connectivity index (χ1v) is 8.98. The van der Waals surface area contributed by atoms with E-state index >= 15 is 0 Å². The van der Waals surface area contributed by atoms with Crippen molar-refractivity contribution < 1.29 is 18.6 Å². The fourth-order valence-electron chi connectivity index (χ4n) is 3.00. The molecule has 1 aliphatic rings. The highest BCUT2D eigenvalue weighted by Crippen LogP contribution is 2.41. The van der Waals surface area contributed by atoms with Crippen molar-refractivity contribution in [2.75, 3.05) is 19.8 Å². The van der Waals surface area contributed by atoms with Gasteiger partial charge in [-0.05, 0) is 25.1 Å². The number of nitrogens with zero attached hydrogens (tertiary/aromatic N) is 2. The average molecular weight is 398 g/mol. The Bertz CT molecular complexity index is 899. The number of furan rings is 1. The smallest absolute Gasteiger partial charge is 0.236 e. The molecule has 1 aliphatic heterocycles. The highest BCUT2D eigenvalue weighted by molar-refractivity contribution is 6.38. The lowest BCUT2D eigenvalue weighted by Gasteiger charge is -2.24. The Balaban J connectivity index is 1.72. The molecule has 1 N–H and O–H groups in total. The van der Waals surface area contributed by atoms with Crippen LogP contribution in [-0.4, -0.2) is 41.1 Å². The second-order valence-electron chi connectivity index (χ2n) is 5.97. The summed E-state index contributed by atoms with van der Waals surface area (Å²) in [4.78, 5) is 4.18. The normalized spacial score (nSPS) is 23.1. The Labute approximate surface area is 159 Å². The Hall–Kier alpha value is -1.64. The van der Waals surface area contributed by atoms with Gasteiger partial charge in [0.1, 0.15) is 12.4 Å². The number of halogens is 2. The highest BCUT2D eigenvalue weighted by Gasteiger charge is 2.47. The van der Waals surface area contributed by atoms with Crippen LogP contribution in [0.1, 0.15) is 18.5 Å². The largest absolute Gasteiger partial charge is 0.454 e. The van der Waals surface area contributed by atoms with Crippen LogP contribution >= 0.6 is 23.2 Å². The first kappa shape index (κ1) is 17.8. The van der Waals surface area contributed by atoms with E-state index in [-0.39, 0.29) is 12.5 Å². The Morgan fingerprint density at radius 3 is 3.00 bits per heavy atom. The standard InChI is InChI=1S/C17H17Cl2N3O4/c1-2-23-7-12-8-24-17(26-12,6-15-20-9-21-22-15)14-4-10-3-11(18)5-13(19)16(10)25-14/h3-5,9,12H,2,6-8H2,1H3,(H,20,21,22). The summed E-state index contributed by atoms with van der Waals surface area (Å²) in [6.45, 7) is 3.34. The van der Waals surface area contributed by atoms with Gasteiger partial charge in [-0.1, -0.05) is 23.2 Å². The van der Waals surface area contributed by atoms with Crippen molar-refractivity contribution in [3.8, 4) is 0 Å².